The molecule has 2 heterocycles. The van der Waals surface area contributed by atoms with Crippen molar-refractivity contribution in [3.63, 3.8) is 0 Å². The van der Waals surface area contributed by atoms with Gasteiger partial charge >= 0.3 is 0 Å². The Hall–Kier alpha value is -3.17. The Morgan fingerprint density at radius 1 is 1.10 bits per heavy atom. The van der Waals surface area contributed by atoms with Crippen LogP contribution >= 0.6 is 0 Å². The van der Waals surface area contributed by atoms with Crippen LogP contribution in [0.1, 0.15) is 12.5 Å². The van der Waals surface area contributed by atoms with Gasteiger partial charge in [-0.15, -0.1) is 0 Å². The molecule has 8 nitrogen and oxygen atoms in total. The van der Waals surface area contributed by atoms with Crippen molar-refractivity contribution >= 4 is 33.6 Å². The molecule has 1 unspecified atom stereocenters. The maximum absolute atomic E-state index is 13.1. The van der Waals surface area contributed by atoms with Crippen LogP contribution in [0.2, 0.25) is 0 Å². The van der Waals surface area contributed by atoms with E-state index in [4.69, 9.17) is 4.74 Å². The van der Waals surface area contributed by atoms with E-state index in [1.165, 1.54) is 22.5 Å². The van der Waals surface area contributed by atoms with Gasteiger partial charge in [-0.1, -0.05) is 30.3 Å². The number of ether oxygens (including phenoxy) is 1. The van der Waals surface area contributed by atoms with Gasteiger partial charge in [0, 0.05) is 32.3 Å². The van der Waals surface area contributed by atoms with Crippen molar-refractivity contribution in [1.82, 2.24) is 9.21 Å². The summed E-state index contributed by atoms with van der Waals surface area (Å²) in [5.74, 6) is -0.0342. The van der Waals surface area contributed by atoms with Crippen molar-refractivity contribution in [1.29, 1.82) is 0 Å². The van der Waals surface area contributed by atoms with Gasteiger partial charge in [0.2, 0.25) is 15.9 Å². The summed E-state index contributed by atoms with van der Waals surface area (Å²) in [6, 6.07) is 13.9. The first kappa shape index (κ1) is 21.1. The number of amides is 2. The fourth-order valence-electron chi connectivity index (χ4n) is 3.48. The monoisotopic (exact) mass is 441 g/mol. The van der Waals surface area contributed by atoms with Crippen LogP contribution in [0, 0.1) is 0 Å². The lowest BCUT2D eigenvalue weighted by molar-refractivity contribution is -0.127. The second-order valence-corrected chi connectivity index (χ2v) is 9.32. The smallest absolute Gasteiger partial charge is 0.265 e. The van der Waals surface area contributed by atoms with E-state index >= 15 is 0 Å². The molecule has 2 aliphatic rings. The lowest BCUT2D eigenvalue weighted by Crippen LogP contribution is -2.50. The zero-order valence-corrected chi connectivity index (χ0v) is 17.8. The lowest BCUT2D eigenvalue weighted by atomic mass is 10.2. The molecule has 1 N–H and O–H groups in total. The molecule has 0 bridgehead atoms. The van der Waals surface area contributed by atoms with Crippen molar-refractivity contribution in [3.8, 4) is 5.75 Å². The fourth-order valence-corrected chi connectivity index (χ4v) is 4.93. The number of carbonyl (C=O) groups excluding carboxylic acids is 2. The van der Waals surface area contributed by atoms with Crippen LogP contribution in [-0.4, -0.2) is 61.7 Å². The van der Waals surface area contributed by atoms with Crippen LogP contribution < -0.4 is 10.1 Å². The Balaban J connectivity index is 1.41. The minimum absolute atomic E-state index is 0.0773. The minimum Gasteiger partial charge on any atom is -0.479 e. The molecule has 9 heteroatoms. The standard InChI is InChI=1S/C22H23N3O5S/c1-16-22(27)23-19-15-18(8-9-20(19)30-16)31(28,29)25-13-11-24(12-14-25)21(26)10-7-17-5-3-2-4-6-17/h2-10,15-16H,11-14H2,1H3,(H,23,27)/b10-7+. The van der Waals surface area contributed by atoms with Gasteiger partial charge in [0.05, 0.1) is 10.6 Å². The van der Waals surface area contributed by atoms with E-state index in [0.29, 0.717) is 24.5 Å². The van der Waals surface area contributed by atoms with Gasteiger partial charge in [-0.2, -0.15) is 4.31 Å². The number of nitrogens with zero attached hydrogens (tertiary/aromatic N) is 2. The highest BCUT2D eigenvalue weighted by Crippen LogP contribution is 2.32. The number of carbonyl (C=O) groups is 2. The summed E-state index contributed by atoms with van der Waals surface area (Å²) in [6.45, 7) is 2.63. The lowest BCUT2D eigenvalue weighted by Gasteiger charge is -2.33. The van der Waals surface area contributed by atoms with Crippen LogP contribution in [-0.2, 0) is 19.6 Å². The van der Waals surface area contributed by atoms with Gasteiger partial charge in [0.25, 0.3) is 5.91 Å². The topological polar surface area (TPSA) is 96.0 Å². The molecule has 0 radical (unpaired) electrons. The summed E-state index contributed by atoms with van der Waals surface area (Å²) >= 11 is 0. The molecule has 31 heavy (non-hydrogen) atoms. The summed E-state index contributed by atoms with van der Waals surface area (Å²) in [4.78, 5) is 26.0. The van der Waals surface area contributed by atoms with Crippen molar-refractivity contribution in [2.24, 2.45) is 0 Å². The number of fused-ring (bicyclic) bond motifs is 1. The number of benzene rings is 2. The van der Waals surface area contributed by atoms with E-state index in [1.54, 1.807) is 24.0 Å². The number of piperazine rings is 1. The zero-order chi connectivity index (χ0) is 22.0. The summed E-state index contributed by atoms with van der Waals surface area (Å²) < 4.78 is 33.0. The Morgan fingerprint density at radius 3 is 2.52 bits per heavy atom. The van der Waals surface area contributed by atoms with Gasteiger partial charge < -0.3 is 15.0 Å². The third-order valence-electron chi connectivity index (χ3n) is 5.29. The Labute approximate surface area is 181 Å². The SMILES string of the molecule is CC1Oc2ccc(S(=O)(=O)N3CCN(C(=O)/C=C/c4ccccc4)CC3)cc2NC1=O. The number of rotatable bonds is 4. The highest BCUT2D eigenvalue weighted by Gasteiger charge is 2.31. The highest BCUT2D eigenvalue weighted by molar-refractivity contribution is 7.89. The Morgan fingerprint density at radius 2 is 1.81 bits per heavy atom. The van der Waals surface area contributed by atoms with Crippen molar-refractivity contribution in [2.45, 2.75) is 17.9 Å². The highest BCUT2D eigenvalue weighted by atomic mass is 32.2. The van der Waals surface area contributed by atoms with Gasteiger partial charge in [-0.3, -0.25) is 9.59 Å². The number of anilines is 1. The predicted octanol–water partition coefficient (Wildman–Crippen LogP) is 1.95. The van der Waals surface area contributed by atoms with Gasteiger partial charge in [-0.05, 0) is 36.8 Å². The summed E-state index contributed by atoms with van der Waals surface area (Å²) in [5, 5.41) is 2.67. The van der Waals surface area contributed by atoms with Gasteiger partial charge in [0.15, 0.2) is 6.10 Å². The molecule has 1 atom stereocenters. The maximum Gasteiger partial charge on any atom is 0.265 e. The molecule has 0 aromatic heterocycles. The first-order chi connectivity index (χ1) is 14.8. The molecule has 0 aliphatic carbocycles. The molecule has 0 spiro atoms. The van der Waals surface area contributed by atoms with E-state index in [0.717, 1.165) is 5.56 Å². The van der Waals surface area contributed by atoms with Crippen LogP contribution in [0.25, 0.3) is 6.08 Å². The van der Waals surface area contributed by atoms with Gasteiger partial charge in [-0.25, -0.2) is 8.42 Å². The summed E-state index contributed by atoms with van der Waals surface area (Å²) in [7, 11) is -3.76. The molecular weight excluding hydrogens is 418 g/mol. The number of hydrogen-bond acceptors (Lipinski definition) is 5. The predicted molar refractivity (Wildman–Crippen MR) is 116 cm³/mol. The molecule has 2 aliphatic heterocycles. The van der Waals surface area contributed by atoms with E-state index in [2.05, 4.69) is 5.32 Å². The van der Waals surface area contributed by atoms with Crippen LogP contribution in [0.4, 0.5) is 5.69 Å². The molecule has 2 amide bonds. The van der Waals surface area contributed by atoms with E-state index in [9.17, 15) is 18.0 Å². The van der Waals surface area contributed by atoms with Crippen LogP contribution in [0.5, 0.6) is 5.75 Å². The minimum atomic E-state index is -3.76. The Bertz CT molecular complexity index is 1120. The van der Waals surface area contributed by atoms with Crippen molar-refractivity contribution in [2.75, 3.05) is 31.5 Å². The van der Waals surface area contributed by atoms with E-state index < -0.39 is 16.1 Å². The molecule has 2 aromatic carbocycles. The molecule has 1 fully saturated rings. The third kappa shape index (κ3) is 4.47. The largest absolute Gasteiger partial charge is 0.479 e. The fraction of sp³-hybridized carbons (Fsp3) is 0.273. The van der Waals surface area contributed by atoms with Crippen LogP contribution in [0.3, 0.4) is 0 Å². The molecule has 4 rings (SSSR count). The quantitative estimate of drug-likeness (QED) is 0.732. The second kappa shape index (κ2) is 8.52. The molecule has 162 valence electrons. The van der Waals surface area contributed by atoms with E-state index in [-0.39, 0.29) is 29.8 Å². The third-order valence-corrected chi connectivity index (χ3v) is 7.18. The molecular formula is C22H23N3O5S. The summed E-state index contributed by atoms with van der Waals surface area (Å²) in [6.07, 6.45) is 2.62. The number of hydrogen-bond donors (Lipinski definition) is 1. The normalized spacial score (nSPS) is 19.6. The average molecular weight is 442 g/mol. The first-order valence-corrected chi connectivity index (χ1v) is 11.4. The van der Waals surface area contributed by atoms with Gasteiger partial charge in [0.1, 0.15) is 5.75 Å². The number of nitrogens with one attached hydrogen (secondary N) is 1. The average Bonchev–Trinajstić information content (AvgIpc) is 2.78. The number of sulfonamides is 1. The van der Waals surface area contributed by atoms with Crippen molar-refractivity contribution < 1.29 is 22.7 Å². The molecule has 1 saturated heterocycles. The summed E-state index contributed by atoms with van der Waals surface area (Å²) in [5.41, 5.74) is 1.26. The van der Waals surface area contributed by atoms with Crippen molar-refractivity contribution in [3.05, 3.63) is 60.2 Å². The maximum atomic E-state index is 13.1. The first-order valence-electron chi connectivity index (χ1n) is 9.98. The van der Waals surface area contributed by atoms with E-state index in [1.807, 2.05) is 30.3 Å². The zero-order valence-electron chi connectivity index (χ0n) is 17.0. The van der Waals surface area contributed by atoms with Crippen LogP contribution in [0.15, 0.2) is 59.5 Å². The Kier molecular flexibility index (Phi) is 5.79. The second-order valence-electron chi connectivity index (χ2n) is 7.38. The molecule has 0 saturated carbocycles. The molecule has 2 aromatic rings.